The van der Waals surface area contributed by atoms with Crippen molar-refractivity contribution >= 4 is 40.1 Å². The Balaban J connectivity index is 1.99. The molecule has 26 heavy (non-hydrogen) atoms. The van der Waals surface area contributed by atoms with Crippen LogP contribution < -0.4 is 15.4 Å². The predicted octanol–water partition coefficient (Wildman–Crippen LogP) is 3.84. The lowest BCUT2D eigenvalue weighted by atomic mass is 9.97. The molecule has 1 aliphatic rings. The van der Waals surface area contributed by atoms with Crippen LogP contribution >= 0.6 is 23.4 Å². The van der Waals surface area contributed by atoms with Gasteiger partial charge in [0.05, 0.1) is 10.7 Å². The average Bonchev–Trinajstić information content (AvgIpc) is 2.62. The third kappa shape index (κ3) is 3.64. The Morgan fingerprint density at radius 2 is 2.15 bits per heavy atom. The normalized spacial score (nSPS) is 17.2. The Labute approximate surface area is 160 Å². The van der Waals surface area contributed by atoms with Gasteiger partial charge in [-0.25, -0.2) is 9.38 Å². The Kier molecular flexibility index (Phi) is 5.38. The monoisotopic (exact) mass is 393 g/mol. The highest BCUT2D eigenvalue weighted by molar-refractivity contribution is 8.13. The van der Waals surface area contributed by atoms with Crippen molar-refractivity contribution in [3.05, 3.63) is 52.8 Å². The molecular weight excluding hydrogens is 377 g/mol. The molecule has 1 aliphatic heterocycles. The van der Waals surface area contributed by atoms with Crippen molar-refractivity contribution in [3.8, 4) is 11.5 Å². The summed E-state index contributed by atoms with van der Waals surface area (Å²) in [6.07, 6.45) is 2.21. The zero-order valence-corrected chi connectivity index (χ0v) is 15.8. The van der Waals surface area contributed by atoms with Crippen molar-refractivity contribution in [2.75, 3.05) is 18.2 Å². The van der Waals surface area contributed by atoms with E-state index in [2.05, 4.69) is 4.99 Å². The van der Waals surface area contributed by atoms with Crippen LogP contribution in [0.5, 0.6) is 11.5 Å². The van der Waals surface area contributed by atoms with E-state index >= 15 is 0 Å². The fourth-order valence-corrected chi connectivity index (χ4v) is 3.19. The second-order valence-electron chi connectivity index (χ2n) is 5.73. The number of halogens is 2. The summed E-state index contributed by atoms with van der Waals surface area (Å²) in [7, 11) is 1.65. The summed E-state index contributed by atoms with van der Waals surface area (Å²) in [6, 6.07) is 8.73. The van der Waals surface area contributed by atoms with Gasteiger partial charge >= 0.3 is 0 Å². The standard InChI is InChI=1S/C18H17ClFN3O2S/c1-23-16-10(8-13(17(23)24)22-18(21)26-2)4-3-5-14(16)25-15-9-11(20)6-7-12(15)19/h3-7,9,13H,8H2,1-2H3,(H2,21,22)/t13-/m1/s1. The smallest absolute Gasteiger partial charge is 0.252 e. The molecule has 0 aliphatic carbocycles. The molecule has 0 saturated carbocycles. The predicted molar refractivity (Wildman–Crippen MR) is 104 cm³/mol. The maximum absolute atomic E-state index is 13.5. The molecule has 8 heteroatoms. The van der Waals surface area contributed by atoms with Gasteiger partial charge in [0.15, 0.2) is 10.9 Å². The Hall–Kier alpha value is -2.25. The van der Waals surface area contributed by atoms with E-state index in [1.165, 1.54) is 34.9 Å². The maximum atomic E-state index is 13.5. The van der Waals surface area contributed by atoms with E-state index in [0.29, 0.717) is 23.0 Å². The van der Waals surface area contributed by atoms with Gasteiger partial charge in [-0.1, -0.05) is 35.5 Å². The Morgan fingerprint density at radius 3 is 2.88 bits per heavy atom. The molecule has 2 aromatic rings. The second-order valence-corrected chi connectivity index (χ2v) is 6.96. The van der Waals surface area contributed by atoms with Crippen LogP contribution in [0, 0.1) is 5.82 Å². The SMILES string of the molecule is CSC(N)=N[C@@H]1Cc2cccc(Oc3cc(F)ccc3Cl)c2N(C)C1=O. The molecule has 1 heterocycles. The minimum Gasteiger partial charge on any atom is -0.453 e. The molecule has 2 N–H and O–H groups in total. The van der Waals surface area contributed by atoms with Gasteiger partial charge in [-0.2, -0.15) is 0 Å². The van der Waals surface area contributed by atoms with E-state index in [9.17, 15) is 9.18 Å². The second kappa shape index (κ2) is 7.55. The van der Waals surface area contributed by atoms with Crippen LogP contribution in [0.4, 0.5) is 10.1 Å². The number of nitrogens with zero attached hydrogens (tertiary/aromatic N) is 2. The zero-order valence-electron chi connectivity index (χ0n) is 14.2. The zero-order chi connectivity index (χ0) is 18.8. The van der Waals surface area contributed by atoms with E-state index in [1.54, 1.807) is 19.4 Å². The van der Waals surface area contributed by atoms with Crippen LogP contribution in [-0.4, -0.2) is 30.4 Å². The number of benzene rings is 2. The quantitative estimate of drug-likeness (QED) is 0.635. The number of carbonyl (C=O) groups excluding carboxylic acids is 1. The van der Waals surface area contributed by atoms with Crippen molar-refractivity contribution in [2.45, 2.75) is 12.5 Å². The largest absolute Gasteiger partial charge is 0.453 e. The van der Waals surface area contributed by atoms with E-state index in [4.69, 9.17) is 22.1 Å². The molecule has 0 fully saturated rings. The summed E-state index contributed by atoms with van der Waals surface area (Å²) < 4.78 is 19.3. The first-order valence-electron chi connectivity index (χ1n) is 7.80. The van der Waals surface area contributed by atoms with E-state index in [1.807, 2.05) is 12.1 Å². The molecule has 0 bridgehead atoms. The number of rotatable bonds is 3. The number of likely N-dealkylation sites (N-methyl/N-ethyl adjacent to an activating group) is 1. The van der Waals surface area contributed by atoms with Crippen molar-refractivity contribution < 1.29 is 13.9 Å². The molecule has 5 nitrogen and oxygen atoms in total. The highest BCUT2D eigenvalue weighted by Crippen LogP contribution is 2.40. The van der Waals surface area contributed by atoms with Gasteiger partial charge in [0.25, 0.3) is 5.91 Å². The van der Waals surface area contributed by atoms with Gasteiger partial charge in [-0.05, 0) is 30.0 Å². The highest BCUT2D eigenvalue weighted by Gasteiger charge is 2.33. The van der Waals surface area contributed by atoms with Gasteiger partial charge in [0, 0.05) is 19.5 Å². The van der Waals surface area contributed by atoms with Crippen molar-refractivity contribution in [2.24, 2.45) is 10.7 Å². The van der Waals surface area contributed by atoms with Gasteiger partial charge < -0.3 is 15.4 Å². The molecule has 0 aromatic heterocycles. The van der Waals surface area contributed by atoms with Gasteiger partial charge in [0.1, 0.15) is 17.6 Å². The number of nitrogens with two attached hydrogens (primary N) is 1. The average molecular weight is 394 g/mol. The van der Waals surface area contributed by atoms with E-state index < -0.39 is 11.9 Å². The van der Waals surface area contributed by atoms with Gasteiger partial charge in [-0.15, -0.1) is 0 Å². The molecule has 1 amide bonds. The molecule has 0 radical (unpaired) electrons. The first-order valence-corrected chi connectivity index (χ1v) is 9.40. The first kappa shape index (κ1) is 18.5. The Morgan fingerprint density at radius 1 is 1.38 bits per heavy atom. The highest BCUT2D eigenvalue weighted by atomic mass is 35.5. The number of amides is 1. The molecule has 2 aromatic carbocycles. The lowest BCUT2D eigenvalue weighted by molar-refractivity contribution is -0.119. The third-order valence-electron chi connectivity index (χ3n) is 4.05. The lowest BCUT2D eigenvalue weighted by Crippen LogP contribution is -2.42. The van der Waals surface area contributed by atoms with Crippen LogP contribution in [0.3, 0.4) is 0 Å². The molecule has 0 saturated heterocycles. The molecule has 0 spiro atoms. The van der Waals surface area contributed by atoms with Gasteiger partial charge in [-0.3, -0.25) is 4.79 Å². The van der Waals surface area contributed by atoms with Crippen LogP contribution in [0.1, 0.15) is 5.56 Å². The number of ether oxygens (including phenoxy) is 1. The summed E-state index contributed by atoms with van der Waals surface area (Å²) in [5, 5.41) is 0.642. The topological polar surface area (TPSA) is 67.9 Å². The van der Waals surface area contributed by atoms with Crippen LogP contribution in [0.15, 0.2) is 41.4 Å². The van der Waals surface area contributed by atoms with Crippen LogP contribution in [0.2, 0.25) is 5.02 Å². The Bertz CT molecular complexity index is 891. The number of carbonyl (C=O) groups is 1. The van der Waals surface area contributed by atoms with Crippen molar-refractivity contribution in [1.29, 1.82) is 0 Å². The summed E-state index contributed by atoms with van der Waals surface area (Å²) in [4.78, 5) is 18.4. The number of hydrogen-bond donors (Lipinski definition) is 1. The van der Waals surface area contributed by atoms with Crippen molar-refractivity contribution in [3.63, 3.8) is 0 Å². The number of fused-ring (bicyclic) bond motifs is 1. The minimum atomic E-state index is -0.576. The molecule has 0 unspecified atom stereocenters. The van der Waals surface area contributed by atoms with Crippen LogP contribution in [-0.2, 0) is 11.2 Å². The van der Waals surface area contributed by atoms with Gasteiger partial charge in [0.2, 0.25) is 0 Å². The summed E-state index contributed by atoms with van der Waals surface area (Å²) in [5.74, 6) is -0.0322. The van der Waals surface area contributed by atoms with E-state index in [0.717, 1.165) is 5.56 Å². The fraction of sp³-hybridized carbons (Fsp3) is 0.222. The van der Waals surface area contributed by atoms with Crippen molar-refractivity contribution in [1.82, 2.24) is 0 Å². The summed E-state index contributed by atoms with van der Waals surface area (Å²) >= 11 is 7.38. The number of aliphatic imine (C=N–C) groups is 1. The summed E-state index contributed by atoms with van der Waals surface area (Å²) in [5.41, 5.74) is 7.27. The lowest BCUT2D eigenvalue weighted by Gasteiger charge is -2.31. The maximum Gasteiger partial charge on any atom is 0.252 e. The molecule has 136 valence electrons. The molecular formula is C18H17ClFN3O2S. The van der Waals surface area contributed by atoms with Crippen LogP contribution in [0.25, 0.3) is 0 Å². The fourth-order valence-electron chi connectivity index (χ4n) is 2.81. The number of para-hydroxylation sites is 1. The summed E-state index contributed by atoms with van der Waals surface area (Å²) in [6.45, 7) is 0. The molecule has 1 atom stereocenters. The number of thioether (sulfide) groups is 1. The number of amidine groups is 1. The van der Waals surface area contributed by atoms with E-state index in [-0.39, 0.29) is 16.7 Å². The minimum absolute atomic E-state index is 0.184. The molecule has 3 rings (SSSR count). The number of hydrogen-bond acceptors (Lipinski definition) is 4. The first-order chi connectivity index (χ1) is 12.4. The number of anilines is 1. The third-order valence-corrected chi connectivity index (χ3v) is 4.89.